The van der Waals surface area contributed by atoms with Gasteiger partial charge in [-0.2, -0.15) is 0 Å². The predicted molar refractivity (Wildman–Crippen MR) is 112 cm³/mol. The van der Waals surface area contributed by atoms with Crippen LogP contribution >= 0.6 is 11.6 Å². The van der Waals surface area contributed by atoms with Gasteiger partial charge in [-0.15, -0.1) is 0 Å². The van der Waals surface area contributed by atoms with Gasteiger partial charge in [0.2, 0.25) is 5.78 Å². The Morgan fingerprint density at radius 3 is 2.34 bits per heavy atom. The Bertz CT molecular complexity index is 1150. The van der Waals surface area contributed by atoms with Crippen molar-refractivity contribution in [2.45, 2.75) is 20.0 Å². The standard InChI is InChI=1S/C21H20ClN3O4/c1-2-24-20(27)18(16(26)13-29-17-11-7-6-10-15(17)22)19(23)25(21(24)28)12-14-8-4-3-5-9-14/h3-11H,2,12-13,23H2,1H3. The molecule has 29 heavy (non-hydrogen) atoms. The second-order valence-electron chi connectivity index (χ2n) is 6.31. The number of rotatable bonds is 7. The van der Waals surface area contributed by atoms with Crippen LogP contribution in [0.3, 0.4) is 0 Å². The summed E-state index contributed by atoms with van der Waals surface area (Å²) in [6.07, 6.45) is 0. The molecule has 0 saturated heterocycles. The minimum atomic E-state index is -0.730. The first-order valence-corrected chi connectivity index (χ1v) is 9.39. The van der Waals surface area contributed by atoms with E-state index in [0.29, 0.717) is 10.8 Å². The first-order chi connectivity index (χ1) is 13.9. The third kappa shape index (κ3) is 4.25. The Kier molecular flexibility index (Phi) is 6.19. The molecule has 0 saturated carbocycles. The minimum Gasteiger partial charge on any atom is -0.484 e. The molecular formula is C21H20ClN3O4. The van der Waals surface area contributed by atoms with Gasteiger partial charge in [-0.1, -0.05) is 54.1 Å². The third-order valence-corrected chi connectivity index (χ3v) is 4.75. The molecule has 3 rings (SSSR count). The van der Waals surface area contributed by atoms with Crippen molar-refractivity contribution in [3.8, 4) is 5.75 Å². The van der Waals surface area contributed by atoms with Crippen LogP contribution in [-0.2, 0) is 13.1 Å². The summed E-state index contributed by atoms with van der Waals surface area (Å²) in [4.78, 5) is 38.2. The molecule has 0 fully saturated rings. The second-order valence-corrected chi connectivity index (χ2v) is 6.71. The van der Waals surface area contributed by atoms with Gasteiger partial charge in [0.05, 0.1) is 11.6 Å². The number of hydrogen-bond acceptors (Lipinski definition) is 5. The van der Waals surface area contributed by atoms with Crippen molar-refractivity contribution in [2.24, 2.45) is 0 Å². The van der Waals surface area contributed by atoms with Crippen LogP contribution < -0.4 is 21.7 Å². The third-order valence-electron chi connectivity index (χ3n) is 4.44. The first kappa shape index (κ1) is 20.4. The molecule has 0 unspecified atom stereocenters. The molecule has 0 amide bonds. The van der Waals surface area contributed by atoms with Crippen molar-refractivity contribution in [1.29, 1.82) is 0 Å². The maximum Gasteiger partial charge on any atom is 0.332 e. The molecule has 0 aliphatic heterocycles. The van der Waals surface area contributed by atoms with Gasteiger partial charge in [-0.05, 0) is 24.6 Å². The Morgan fingerprint density at radius 1 is 1.03 bits per heavy atom. The largest absolute Gasteiger partial charge is 0.484 e. The molecular weight excluding hydrogens is 394 g/mol. The number of nitrogens with two attached hydrogens (primary N) is 1. The highest BCUT2D eigenvalue weighted by atomic mass is 35.5. The van der Waals surface area contributed by atoms with E-state index in [1.165, 1.54) is 4.57 Å². The molecule has 0 spiro atoms. The van der Waals surface area contributed by atoms with Gasteiger partial charge in [0.15, 0.2) is 6.61 Å². The van der Waals surface area contributed by atoms with E-state index in [-0.39, 0.29) is 24.5 Å². The lowest BCUT2D eigenvalue weighted by Crippen LogP contribution is -2.44. The summed E-state index contributed by atoms with van der Waals surface area (Å²) in [6.45, 7) is 1.46. The van der Waals surface area contributed by atoms with Gasteiger partial charge in [0, 0.05) is 6.54 Å². The summed E-state index contributed by atoms with van der Waals surface area (Å²) in [5, 5.41) is 0.341. The van der Waals surface area contributed by atoms with Gasteiger partial charge < -0.3 is 10.5 Å². The Labute approximate surface area is 171 Å². The molecule has 0 bridgehead atoms. The van der Waals surface area contributed by atoms with Crippen LogP contribution in [0.2, 0.25) is 5.02 Å². The normalized spacial score (nSPS) is 10.7. The highest BCUT2D eigenvalue weighted by Crippen LogP contribution is 2.23. The number of nitrogen functional groups attached to an aromatic ring is 1. The molecule has 1 aromatic heterocycles. The number of Topliss-reactive ketones (excluding diaryl/α,β-unsaturated/α-hetero) is 1. The lowest BCUT2D eigenvalue weighted by Gasteiger charge is -2.16. The number of carbonyl (C=O) groups excluding carboxylic acids is 1. The highest BCUT2D eigenvalue weighted by Gasteiger charge is 2.23. The topological polar surface area (TPSA) is 96.3 Å². The zero-order valence-corrected chi connectivity index (χ0v) is 16.6. The number of benzene rings is 2. The molecule has 7 nitrogen and oxygen atoms in total. The van der Waals surface area contributed by atoms with Crippen molar-refractivity contribution in [2.75, 3.05) is 12.3 Å². The van der Waals surface area contributed by atoms with Crippen LogP contribution in [-0.4, -0.2) is 21.5 Å². The number of hydrogen-bond donors (Lipinski definition) is 1. The van der Waals surface area contributed by atoms with Crippen molar-refractivity contribution in [3.63, 3.8) is 0 Å². The monoisotopic (exact) mass is 413 g/mol. The molecule has 150 valence electrons. The number of carbonyl (C=O) groups is 1. The fourth-order valence-corrected chi connectivity index (χ4v) is 3.14. The van der Waals surface area contributed by atoms with Crippen LogP contribution in [0.1, 0.15) is 22.8 Å². The Balaban J connectivity index is 2.00. The maximum absolute atomic E-state index is 12.8. The molecule has 8 heteroatoms. The van der Waals surface area contributed by atoms with Crippen molar-refractivity contribution >= 4 is 23.2 Å². The van der Waals surface area contributed by atoms with Crippen LogP contribution in [0.4, 0.5) is 5.82 Å². The van der Waals surface area contributed by atoms with E-state index in [9.17, 15) is 14.4 Å². The summed E-state index contributed by atoms with van der Waals surface area (Å²) in [5.41, 5.74) is 5.35. The van der Waals surface area contributed by atoms with Crippen LogP contribution in [0.25, 0.3) is 0 Å². The summed E-state index contributed by atoms with van der Waals surface area (Å²) < 4.78 is 7.67. The quantitative estimate of drug-likeness (QED) is 0.600. The van der Waals surface area contributed by atoms with Crippen LogP contribution in [0, 0.1) is 0 Å². The van der Waals surface area contributed by atoms with Crippen molar-refractivity contribution < 1.29 is 9.53 Å². The molecule has 3 aromatic rings. The van der Waals surface area contributed by atoms with Gasteiger partial charge in [-0.25, -0.2) is 4.79 Å². The number of aromatic nitrogens is 2. The van der Waals surface area contributed by atoms with Crippen molar-refractivity contribution in [1.82, 2.24) is 9.13 Å². The second kappa shape index (κ2) is 8.79. The molecule has 2 aromatic carbocycles. The van der Waals surface area contributed by atoms with E-state index in [2.05, 4.69) is 0 Å². The van der Waals surface area contributed by atoms with Gasteiger partial charge in [-0.3, -0.25) is 18.7 Å². The fourth-order valence-electron chi connectivity index (χ4n) is 2.95. The number of para-hydroxylation sites is 1. The first-order valence-electron chi connectivity index (χ1n) is 9.01. The number of ether oxygens (including phenoxy) is 1. The number of ketones is 1. The smallest absolute Gasteiger partial charge is 0.332 e. The fraction of sp³-hybridized carbons (Fsp3) is 0.190. The van der Waals surface area contributed by atoms with Crippen molar-refractivity contribution in [3.05, 3.63) is 91.6 Å². The summed E-state index contributed by atoms with van der Waals surface area (Å²) in [6, 6.07) is 15.8. The number of anilines is 1. The van der Waals surface area contributed by atoms with E-state index < -0.39 is 23.6 Å². The SMILES string of the molecule is CCn1c(=O)c(C(=O)COc2ccccc2Cl)c(N)n(Cc2ccccc2)c1=O. The summed E-state index contributed by atoms with van der Waals surface area (Å²) >= 11 is 6.03. The zero-order chi connectivity index (χ0) is 21.0. The zero-order valence-electron chi connectivity index (χ0n) is 15.8. The molecule has 0 radical (unpaired) electrons. The minimum absolute atomic E-state index is 0.110. The number of nitrogens with zero attached hydrogens (tertiary/aromatic N) is 2. The Hall–Kier alpha value is -3.32. The molecule has 0 aliphatic rings. The van der Waals surface area contributed by atoms with Crippen LogP contribution in [0.15, 0.2) is 64.2 Å². The highest BCUT2D eigenvalue weighted by molar-refractivity contribution is 6.32. The molecule has 1 heterocycles. The molecule has 0 atom stereocenters. The maximum atomic E-state index is 12.8. The van der Waals surface area contributed by atoms with Crippen LogP contribution in [0.5, 0.6) is 5.75 Å². The van der Waals surface area contributed by atoms with E-state index in [1.807, 2.05) is 30.3 Å². The number of halogens is 1. The average Bonchev–Trinajstić information content (AvgIpc) is 2.72. The average molecular weight is 414 g/mol. The predicted octanol–water partition coefficient (Wildman–Crippen LogP) is 2.58. The molecule has 2 N–H and O–H groups in total. The lowest BCUT2D eigenvalue weighted by atomic mass is 10.2. The molecule has 0 aliphatic carbocycles. The van der Waals surface area contributed by atoms with E-state index >= 15 is 0 Å². The summed E-state index contributed by atoms with van der Waals surface area (Å²) in [5.74, 6) is -0.493. The summed E-state index contributed by atoms with van der Waals surface area (Å²) in [7, 11) is 0. The lowest BCUT2D eigenvalue weighted by molar-refractivity contribution is 0.0919. The van der Waals surface area contributed by atoms with E-state index in [0.717, 1.165) is 10.1 Å². The van der Waals surface area contributed by atoms with Gasteiger partial charge >= 0.3 is 5.69 Å². The van der Waals surface area contributed by atoms with Gasteiger partial charge in [0.1, 0.15) is 17.1 Å². The Morgan fingerprint density at radius 2 is 1.69 bits per heavy atom. The van der Waals surface area contributed by atoms with E-state index in [1.54, 1.807) is 31.2 Å². The van der Waals surface area contributed by atoms with Gasteiger partial charge in [0.25, 0.3) is 5.56 Å². The van der Waals surface area contributed by atoms with E-state index in [4.69, 9.17) is 22.1 Å².